The Balaban J connectivity index is 1.66. The number of nitrogens with zero attached hydrogens (tertiary/aromatic N) is 1. The first-order valence-electron chi connectivity index (χ1n) is 8.25. The number of carbonyl (C=O) groups excluding carboxylic acids is 1. The SMILES string of the molecule is O=C(Nc1ccc(C(F)(F)F)cc1)c1cc(NCc2ccccc2F)ccn1. The van der Waals surface area contributed by atoms with Gasteiger partial charge in [-0.2, -0.15) is 13.2 Å². The van der Waals surface area contributed by atoms with Crippen LogP contribution in [0.25, 0.3) is 0 Å². The Morgan fingerprint density at radius 3 is 2.36 bits per heavy atom. The monoisotopic (exact) mass is 389 g/mol. The van der Waals surface area contributed by atoms with Crippen molar-refractivity contribution in [2.24, 2.45) is 0 Å². The Hall–Kier alpha value is -3.42. The Bertz CT molecular complexity index is 972. The maximum Gasteiger partial charge on any atom is 0.416 e. The molecule has 0 aliphatic rings. The molecule has 0 saturated heterocycles. The summed E-state index contributed by atoms with van der Waals surface area (Å²) in [7, 11) is 0. The number of alkyl halides is 3. The molecule has 28 heavy (non-hydrogen) atoms. The summed E-state index contributed by atoms with van der Waals surface area (Å²) in [5.41, 5.74) is 0.497. The standard InChI is InChI=1S/C20H15F4N3O/c21-17-4-2-1-3-13(17)12-26-16-9-10-25-18(11-16)19(28)27-15-7-5-14(6-8-15)20(22,23)24/h1-11H,12H2,(H,25,26)(H,27,28). The van der Waals surface area contributed by atoms with E-state index in [2.05, 4.69) is 15.6 Å². The summed E-state index contributed by atoms with van der Waals surface area (Å²) in [5, 5.41) is 5.49. The number of hydrogen-bond donors (Lipinski definition) is 2. The average molecular weight is 389 g/mol. The van der Waals surface area contributed by atoms with Gasteiger partial charge in [0.2, 0.25) is 0 Å². The van der Waals surface area contributed by atoms with Gasteiger partial charge in [0, 0.05) is 29.7 Å². The van der Waals surface area contributed by atoms with Crippen LogP contribution in [-0.2, 0) is 12.7 Å². The molecule has 1 aromatic heterocycles. The van der Waals surface area contributed by atoms with E-state index < -0.39 is 17.6 Å². The highest BCUT2D eigenvalue weighted by atomic mass is 19.4. The molecule has 0 aliphatic carbocycles. The van der Waals surface area contributed by atoms with E-state index in [4.69, 9.17) is 0 Å². The fraction of sp³-hybridized carbons (Fsp3) is 0.100. The van der Waals surface area contributed by atoms with Gasteiger partial charge in [0.15, 0.2) is 0 Å². The number of hydrogen-bond acceptors (Lipinski definition) is 3. The Labute approximate surface area is 158 Å². The highest BCUT2D eigenvalue weighted by Gasteiger charge is 2.30. The number of amides is 1. The van der Waals surface area contributed by atoms with E-state index in [1.54, 1.807) is 24.3 Å². The molecule has 0 spiro atoms. The third-order valence-corrected chi connectivity index (χ3v) is 3.90. The third kappa shape index (κ3) is 4.85. The van der Waals surface area contributed by atoms with Crippen LogP contribution in [0.1, 0.15) is 21.6 Å². The fourth-order valence-corrected chi connectivity index (χ4v) is 2.44. The van der Waals surface area contributed by atoms with Gasteiger partial charge in [0.05, 0.1) is 5.56 Å². The smallest absolute Gasteiger partial charge is 0.381 e. The van der Waals surface area contributed by atoms with Crippen molar-refractivity contribution in [2.75, 3.05) is 10.6 Å². The molecule has 1 amide bonds. The zero-order valence-corrected chi connectivity index (χ0v) is 14.4. The van der Waals surface area contributed by atoms with Crippen molar-refractivity contribution in [3.8, 4) is 0 Å². The van der Waals surface area contributed by atoms with Crippen molar-refractivity contribution in [1.29, 1.82) is 0 Å². The van der Waals surface area contributed by atoms with E-state index in [9.17, 15) is 22.4 Å². The summed E-state index contributed by atoms with van der Waals surface area (Å²) < 4.78 is 51.4. The van der Waals surface area contributed by atoms with E-state index in [0.29, 0.717) is 11.3 Å². The van der Waals surface area contributed by atoms with Gasteiger partial charge < -0.3 is 10.6 Å². The minimum Gasteiger partial charge on any atom is -0.381 e. The van der Waals surface area contributed by atoms with Gasteiger partial charge in [-0.3, -0.25) is 9.78 Å². The molecule has 144 valence electrons. The zero-order valence-electron chi connectivity index (χ0n) is 14.4. The summed E-state index contributed by atoms with van der Waals surface area (Å²) in [4.78, 5) is 16.3. The summed E-state index contributed by atoms with van der Waals surface area (Å²) in [6.45, 7) is 0.219. The molecule has 0 unspecified atom stereocenters. The number of aromatic nitrogens is 1. The fourth-order valence-electron chi connectivity index (χ4n) is 2.44. The van der Waals surface area contributed by atoms with Gasteiger partial charge in [-0.05, 0) is 42.5 Å². The van der Waals surface area contributed by atoms with E-state index in [1.165, 1.54) is 30.5 Å². The number of rotatable bonds is 5. The van der Waals surface area contributed by atoms with E-state index in [-0.39, 0.29) is 23.7 Å². The number of benzene rings is 2. The number of pyridine rings is 1. The number of halogens is 4. The summed E-state index contributed by atoms with van der Waals surface area (Å²) in [5.74, 6) is -0.918. The summed E-state index contributed by atoms with van der Waals surface area (Å²) in [6, 6.07) is 13.5. The van der Waals surface area contributed by atoms with E-state index in [0.717, 1.165) is 12.1 Å². The highest BCUT2D eigenvalue weighted by molar-refractivity contribution is 6.03. The van der Waals surface area contributed by atoms with Crippen LogP contribution in [0.3, 0.4) is 0 Å². The molecule has 2 N–H and O–H groups in total. The first-order valence-corrected chi connectivity index (χ1v) is 8.25. The third-order valence-electron chi connectivity index (χ3n) is 3.90. The predicted molar refractivity (Wildman–Crippen MR) is 97.4 cm³/mol. The molecule has 0 aliphatic heterocycles. The van der Waals surface area contributed by atoms with Gasteiger partial charge in [-0.1, -0.05) is 18.2 Å². The van der Waals surface area contributed by atoms with Crippen molar-refractivity contribution in [1.82, 2.24) is 4.98 Å². The molecule has 8 heteroatoms. The van der Waals surface area contributed by atoms with Crippen LogP contribution in [0, 0.1) is 5.82 Å². The second-order valence-corrected chi connectivity index (χ2v) is 5.90. The van der Waals surface area contributed by atoms with Gasteiger partial charge in [0.25, 0.3) is 5.91 Å². The Morgan fingerprint density at radius 2 is 1.68 bits per heavy atom. The molecule has 1 heterocycles. The van der Waals surface area contributed by atoms with Gasteiger partial charge in [-0.25, -0.2) is 4.39 Å². The van der Waals surface area contributed by atoms with Crippen LogP contribution in [0.2, 0.25) is 0 Å². The van der Waals surface area contributed by atoms with Crippen LogP contribution in [0.5, 0.6) is 0 Å². The number of carbonyl (C=O) groups is 1. The van der Waals surface area contributed by atoms with E-state index in [1.807, 2.05) is 0 Å². The lowest BCUT2D eigenvalue weighted by Crippen LogP contribution is -2.14. The second-order valence-electron chi connectivity index (χ2n) is 5.90. The van der Waals surface area contributed by atoms with Crippen molar-refractivity contribution in [2.45, 2.75) is 12.7 Å². The number of nitrogens with one attached hydrogen (secondary N) is 2. The Morgan fingerprint density at radius 1 is 0.964 bits per heavy atom. The first-order chi connectivity index (χ1) is 13.3. The first kappa shape index (κ1) is 19.3. The molecule has 4 nitrogen and oxygen atoms in total. The van der Waals surface area contributed by atoms with Crippen LogP contribution < -0.4 is 10.6 Å². The average Bonchev–Trinajstić information content (AvgIpc) is 2.67. The quantitative estimate of drug-likeness (QED) is 0.597. The van der Waals surface area contributed by atoms with Gasteiger partial charge >= 0.3 is 6.18 Å². The molecular weight excluding hydrogens is 374 g/mol. The van der Waals surface area contributed by atoms with Crippen molar-refractivity contribution in [3.63, 3.8) is 0 Å². The molecule has 0 bridgehead atoms. The molecular formula is C20H15F4N3O. The topological polar surface area (TPSA) is 54.0 Å². The maximum atomic E-state index is 13.7. The van der Waals surface area contributed by atoms with Crippen LogP contribution in [0.15, 0.2) is 66.9 Å². The Kier molecular flexibility index (Phi) is 5.58. The lowest BCUT2D eigenvalue weighted by atomic mass is 10.2. The molecule has 0 saturated carbocycles. The molecule has 0 fully saturated rings. The molecule has 0 radical (unpaired) electrons. The van der Waals surface area contributed by atoms with Crippen LogP contribution in [-0.4, -0.2) is 10.9 Å². The molecule has 3 rings (SSSR count). The molecule has 2 aromatic carbocycles. The predicted octanol–water partition coefficient (Wildman–Crippen LogP) is 5.10. The van der Waals surface area contributed by atoms with Crippen molar-refractivity contribution >= 4 is 17.3 Å². The van der Waals surface area contributed by atoms with Crippen molar-refractivity contribution in [3.05, 3.63) is 89.5 Å². The van der Waals surface area contributed by atoms with E-state index >= 15 is 0 Å². The van der Waals surface area contributed by atoms with Gasteiger partial charge in [-0.15, -0.1) is 0 Å². The van der Waals surface area contributed by atoms with Gasteiger partial charge in [0.1, 0.15) is 11.5 Å². The van der Waals surface area contributed by atoms with Crippen LogP contribution >= 0.6 is 0 Å². The minimum atomic E-state index is -4.44. The lowest BCUT2D eigenvalue weighted by Gasteiger charge is -2.10. The lowest BCUT2D eigenvalue weighted by molar-refractivity contribution is -0.137. The van der Waals surface area contributed by atoms with Crippen molar-refractivity contribution < 1.29 is 22.4 Å². The normalized spacial score (nSPS) is 11.1. The second kappa shape index (κ2) is 8.08. The van der Waals surface area contributed by atoms with Crippen LogP contribution in [0.4, 0.5) is 28.9 Å². The minimum absolute atomic E-state index is 0.0680. The maximum absolute atomic E-state index is 13.7. The molecule has 3 aromatic rings. The highest BCUT2D eigenvalue weighted by Crippen LogP contribution is 2.29. The zero-order chi connectivity index (χ0) is 20.1. The summed E-state index contributed by atoms with van der Waals surface area (Å²) in [6.07, 6.45) is -3.03. The summed E-state index contributed by atoms with van der Waals surface area (Å²) >= 11 is 0. The molecule has 0 atom stereocenters. The number of anilines is 2. The largest absolute Gasteiger partial charge is 0.416 e.